The van der Waals surface area contributed by atoms with Crippen LogP contribution in [0.2, 0.25) is 5.02 Å². The summed E-state index contributed by atoms with van der Waals surface area (Å²) in [4.78, 5) is 0. The summed E-state index contributed by atoms with van der Waals surface area (Å²) in [6.07, 6.45) is 1.05. The molecule has 0 aliphatic heterocycles. The summed E-state index contributed by atoms with van der Waals surface area (Å²) >= 11 is 6.21. The quantitative estimate of drug-likeness (QED) is 0.856. The highest BCUT2D eigenvalue weighted by molar-refractivity contribution is 6.31. The highest BCUT2D eigenvalue weighted by Crippen LogP contribution is 2.20. The molecule has 0 aromatic heterocycles. The topological polar surface area (TPSA) is 21.3 Å². The number of methoxy groups -OCH3 is 1. The molecule has 16 heavy (non-hydrogen) atoms. The number of likely N-dealkylation sites (N-methyl/N-ethyl adjacent to an activating group) is 1. The SMILES string of the molecule is CNC(Cc1ccc(C)cc1Cl)C(C)OC. The Morgan fingerprint density at radius 2 is 2.12 bits per heavy atom. The molecule has 0 saturated heterocycles. The number of nitrogens with one attached hydrogen (secondary N) is 1. The summed E-state index contributed by atoms with van der Waals surface area (Å²) in [6, 6.07) is 6.46. The lowest BCUT2D eigenvalue weighted by Gasteiger charge is -2.22. The van der Waals surface area contributed by atoms with Gasteiger partial charge in [0.15, 0.2) is 0 Å². The number of ether oxygens (including phenoxy) is 1. The highest BCUT2D eigenvalue weighted by atomic mass is 35.5. The summed E-state index contributed by atoms with van der Waals surface area (Å²) in [6.45, 7) is 4.10. The average molecular weight is 242 g/mol. The van der Waals surface area contributed by atoms with Gasteiger partial charge in [-0.1, -0.05) is 23.7 Å². The fourth-order valence-electron chi connectivity index (χ4n) is 1.72. The van der Waals surface area contributed by atoms with Crippen LogP contribution in [0.3, 0.4) is 0 Å². The molecule has 0 aliphatic rings. The van der Waals surface area contributed by atoms with E-state index in [-0.39, 0.29) is 12.1 Å². The van der Waals surface area contributed by atoms with Crippen molar-refractivity contribution in [3.8, 4) is 0 Å². The zero-order valence-corrected chi connectivity index (χ0v) is 11.1. The monoisotopic (exact) mass is 241 g/mol. The van der Waals surface area contributed by atoms with Gasteiger partial charge in [-0.15, -0.1) is 0 Å². The van der Waals surface area contributed by atoms with Gasteiger partial charge in [0.1, 0.15) is 0 Å². The molecule has 0 bridgehead atoms. The van der Waals surface area contributed by atoms with Crippen LogP contribution in [0.25, 0.3) is 0 Å². The van der Waals surface area contributed by atoms with Crippen LogP contribution < -0.4 is 5.32 Å². The van der Waals surface area contributed by atoms with Crippen molar-refractivity contribution in [2.75, 3.05) is 14.2 Å². The molecule has 0 heterocycles. The first kappa shape index (κ1) is 13.5. The second-order valence-corrected chi connectivity index (χ2v) is 4.54. The highest BCUT2D eigenvalue weighted by Gasteiger charge is 2.16. The van der Waals surface area contributed by atoms with E-state index >= 15 is 0 Å². The Bertz CT molecular complexity index is 341. The minimum Gasteiger partial charge on any atom is -0.380 e. The van der Waals surface area contributed by atoms with E-state index in [0.717, 1.165) is 17.0 Å². The largest absolute Gasteiger partial charge is 0.380 e. The summed E-state index contributed by atoms with van der Waals surface area (Å²) in [5.41, 5.74) is 2.35. The van der Waals surface area contributed by atoms with Gasteiger partial charge in [-0.2, -0.15) is 0 Å². The van der Waals surface area contributed by atoms with Crippen LogP contribution in [0.5, 0.6) is 0 Å². The van der Waals surface area contributed by atoms with Crippen molar-refractivity contribution in [3.63, 3.8) is 0 Å². The van der Waals surface area contributed by atoms with Crippen molar-refractivity contribution < 1.29 is 4.74 Å². The predicted octanol–water partition coefficient (Wildman–Crippen LogP) is 2.81. The van der Waals surface area contributed by atoms with E-state index in [1.807, 2.05) is 20.0 Å². The summed E-state index contributed by atoms with van der Waals surface area (Å²) < 4.78 is 5.33. The first-order valence-corrected chi connectivity index (χ1v) is 5.91. The molecule has 1 rings (SSSR count). The molecule has 0 aliphatic carbocycles. The van der Waals surface area contributed by atoms with Gasteiger partial charge < -0.3 is 10.1 Å². The zero-order valence-electron chi connectivity index (χ0n) is 10.4. The number of halogens is 1. The maximum absolute atomic E-state index is 6.21. The van der Waals surface area contributed by atoms with Crippen LogP contribution >= 0.6 is 11.6 Å². The third-order valence-electron chi connectivity index (χ3n) is 2.96. The molecule has 0 fully saturated rings. The minimum absolute atomic E-state index is 0.169. The van der Waals surface area contributed by atoms with Crippen molar-refractivity contribution in [1.29, 1.82) is 0 Å². The van der Waals surface area contributed by atoms with Crippen molar-refractivity contribution in [1.82, 2.24) is 5.32 Å². The number of benzene rings is 1. The Kier molecular flexibility index (Phi) is 5.26. The van der Waals surface area contributed by atoms with Crippen molar-refractivity contribution in [2.24, 2.45) is 0 Å². The van der Waals surface area contributed by atoms with Crippen LogP contribution in [0, 0.1) is 6.92 Å². The maximum atomic E-state index is 6.21. The third kappa shape index (κ3) is 3.48. The van der Waals surface area contributed by atoms with E-state index in [2.05, 4.69) is 24.4 Å². The van der Waals surface area contributed by atoms with Crippen LogP contribution in [-0.2, 0) is 11.2 Å². The Balaban J connectivity index is 2.78. The molecule has 0 spiro atoms. The smallest absolute Gasteiger partial charge is 0.0699 e. The van der Waals surface area contributed by atoms with Gasteiger partial charge in [0.25, 0.3) is 0 Å². The second-order valence-electron chi connectivity index (χ2n) is 4.13. The summed E-state index contributed by atoms with van der Waals surface area (Å²) in [5, 5.41) is 4.10. The van der Waals surface area contributed by atoms with Gasteiger partial charge >= 0.3 is 0 Å². The molecule has 3 heteroatoms. The molecule has 1 aromatic rings. The van der Waals surface area contributed by atoms with Crippen molar-refractivity contribution in [2.45, 2.75) is 32.4 Å². The van der Waals surface area contributed by atoms with Crippen molar-refractivity contribution in [3.05, 3.63) is 34.3 Å². The Hall–Kier alpha value is -0.570. The van der Waals surface area contributed by atoms with Gasteiger partial charge in [-0.25, -0.2) is 0 Å². The normalized spacial score (nSPS) is 14.8. The van der Waals surface area contributed by atoms with Crippen LogP contribution in [0.4, 0.5) is 0 Å². The number of hydrogen-bond acceptors (Lipinski definition) is 2. The van der Waals surface area contributed by atoms with E-state index < -0.39 is 0 Å². The molecule has 2 nitrogen and oxygen atoms in total. The van der Waals surface area contributed by atoms with Crippen LogP contribution in [0.1, 0.15) is 18.1 Å². The van der Waals surface area contributed by atoms with E-state index in [1.165, 1.54) is 5.56 Å². The summed E-state index contributed by atoms with van der Waals surface area (Å²) in [5.74, 6) is 0. The molecule has 1 aromatic carbocycles. The molecule has 2 unspecified atom stereocenters. The van der Waals surface area contributed by atoms with Gasteiger partial charge in [0, 0.05) is 18.2 Å². The Labute approximate surface area is 103 Å². The zero-order chi connectivity index (χ0) is 12.1. The standard InChI is InChI=1S/C13H20ClNO/c1-9-5-6-11(12(14)7-9)8-13(15-3)10(2)16-4/h5-7,10,13,15H,8H2,1-4H3. The van der Waals surface area contributed by atoms with Gasteiger partial charge in [0.2, 0.25) is 0 Å². The molecular weight excluding hydrogens is 222 g/mol. The molecule has 90 valence electrons. The number of rotatable bonds is 5. The lowest BCUT2D eigenvalue weighted by molar-refractivity contribution is 0.0857. The number of aryl methyl sites for hydroxylation is 1. The minimum atomic E-state index is 0.169. The molecule has 2 atom stereocenters. The number of hydrogen-bond donors (Lipinski definition) is 1. The van der Waals surface area contributed by atoms with Gasteiger partial charge in [-0.05, 0) is 44.5 Å². The average Bonchev–Trinajstić information content (AvgIpc) is 2.27. The lowest BCUT2D eigenvalue weighted by Crippen LogP contribution is -2.38. The van der Waals surface area contributed by atoms with Crippen molar-refractivity contribution >= 4 is 11.6 Å². The lowest BCUT2D eigenvalue weighted by atomic mass is 10.0. The third-order valence-corrected chi connectivity index (χ3v) is 3.31. The van der Waals surface area contributed by atoms with Gasteiger partial charge in [-0.3, -0.25) is 0 Å². The second kappa shape index (κ2) is 6.24. The van der Waals surface area contributed by atoms with E-state index in [0.29, 0.717) is 0 Å². The molecule has 0 saturated carbocycles. The molecule has 0 radical (unpaired) electrons. The first-order chi connectivity index (χ1) is 7.58. The Morgan fingerprint density at radius 1 is 1.44 bits per heavy atom. The van der Waals surface area contributed by atoms with Crippen LogP contribution in [0.15, 0.2) is 18.2 Å². The van der Waals surface area contributed by atoms with E-state index in [4.69, 9.17) is 16.3 Å². The molecule has 1 N–H and O–H groups in total. The fraction of sp³-hybridized carbons (Fsp3) is 0.538. The van der Waals surface area contributed by atoms with E-state index in [9.17, 15) is 0 Å². The first-order valence-electron chi connectivity index (χ1n) is 5.53. The Morgan fingerprint density at radius 3 is 2.62 bits per heavy atom. The fourth-order valence-corrected chi connectivity index (χ4v) is 2.03. The van der Waals surface area contributed by atoms with E-state index in [1.54, 1.807) is 7.11 Å². The summed E-state index contributed by atoms with van der Waals surface area (Å²) in [7, 11) is 3.67. The predicted molar refractivity (Wildman–Crippen MR) is 69.2 cm³/mol. The van der Waals surface area contributed by atoms with Crippen LogP contribution in [-0.4, -0.2) is 26.3 Å². The van der Waals surface area contributed by atoms with Gasteiger partial charge in [0.05, 0.1) is 6.10 Å². The molecular formula is C13H20ClNO. The molecule has 0 amide bonds. The maximum Gasteiger partial charge on any atom is 0.0699 e.